The molecule has 0 unspecified atom stereocenters. The summed E-state index contributed by atoms with van der Waals surface area (Å²) in [6, 6.07) is 7.85. The Kier molecular flexibility index (Phi) is 2.56. The quantitative estimate of drug-likeness (QED) is 0.737. The average Bonchev–Trinajstić information content (AvgIpc) is 2.28. The Morgan fingerprint density at radius 2 is 1.44 bits per heavy atom. The Bertz CT molecular complexity index is 538. The van der Waals surface area contributed by atoms with Crippen molar-refractivity contribution >= 4 is 5.69 Å². The van der Waals surface area contributed by atoms with E-state index in [0.29, 0.717) is 0 Å². The van der Waals surface area contributed by atoms with Crippen molar-refractivity contribution in [3.63, 3.8) is 0 Å². The maximum absolute atomic E-state index is 13.6. The summed E-state index contributed by atoms with van der Waals surface area (Å²) in [6.07, 6.45) is 0. The van der Waals surface area contributed by atoms with Gasteiger partial charge in [-0.1, -0.05) is 18.2 Å². The molecule has 0 aliphatic rings. The molecule has 0 heterocycles. The van der Waals surface area contributed by atoms with Crippen molar-refractivity contribution in [1.82, 2.24) is 0 Å². The van der Waals surface area contributed by atoms with Gasteiger partial charge in [0.25, 0.3) is 0 Å². The molecule has 0 amide bonds. The molecule has 2 rings (SSSR count). The molecular formula is C12H8F3N. The summed E-state index contributed by atoms with van der Waals surface area (Å²) in [5.74, 6) is -2.37. The van der Waals surface area contributed by atoms with Crippen LogP contribution in [0.25, 0.3) is 11.1 Å². The number of hydrogen-bond donors (Lipinski definition) is 1. The molecule has 0 saturated heterocycles. The van der Waals surface area contributed by atoms with E-state index < -0.39 is 23.1 Å². The fraction of sp³-hybridized carbons (Fsp3) is 0. The molecule has 0 spiro atoms. The van der Waals surface area contributed by atoms with Crippen LogP contribution in [0, 0.1) is 17.5 Å². The van der Waals surface area contributed by atoms with Gasteiger partial charge in [0.15, 0.2) is 5.82 Å². The van der Waals surface area contributed by atoms with E-state index in [0.717, 1.165) is 6.07 Å². The highest BCUT2D eigenvalue weighted by molar-refractivity contribution is 5.69. The van der Waals surface area contributed by atoms with Gasteiger partial charge >= 0.3 is 0 Å². The molecule has 0 fully saturated rings. The van der Waals surface area contributed by atoms with Crippen LogP contribution in [-0.2, 0) is 0 Å². The lowest BCUT2D eigenvalue weighted by Crippen LogP contribution is -1.98. The van der Waals surface area contributed by atoms with Crippen LogP contribution in [-0.4, -0.2) is 0 Å². The van der Waals surface area contributed by atoms with Gasteiger partial charge in [0, 0.05) is 11.1 Å². The van der Waals surface area contributed by atoms with Gasteiger partial charge in [-0.2, -0.15) is 0 Å². The maximum Gasteiger partial charge on any atom is 0.157 e. The molecule has 0 aliphatic carbocycles. The van der Waals surface area contributed by atoms with Gasteiger partial charge in [-0.05, 0) is 18.2 Å². The molecule has 0 bridgehead atoms. The number of anilines is 1. The summed E-state index contributed by atoms with van der Waals surface area (Å²) in [6.45, 7) is 0. The van der Waals surface area contributed by atoms with Crippen molar-refractivity contribution in [2.24, 2.45) is 0 Å². The van der Waals surface area contributed by atoms with Gasteiger partial charge < -0.3 is 5.73 Å². The first-order chi connectivity index (χ1) is 7.61. The van der Waals surface area contributed by atoms with E-state index in [1.54, 1.807) is 6.07 Å². The third-order valence-electron chi connectivity index (χ3n) is 2.29. The van der Waals surface area contributed by atoms with E-state index >= 15 is 0 Å². The summed E-state index contributed by atoms with van der Waals surface area (Å²) in [4.78, 5) is 0. The lowest BCUT2D eigenvalue weighted by Gasteiger charge is -2.07. The van der Waals surface area contributed by atoms with Crippen LogP contribution >= 0.6 is 0 Å². The predicted octanol–water partition coefficient (Wildman–Crippen LogP) is 3.35. The third kappa shape index (κ3) is 1.62. The van der Waals surface area contributed by atoms with Gasteiger partial charge in [-0.25, -0.2) is 13.2 Å². The molecule has 2 aromatic carbocycles. The van der Waals surface area contributed by atoms with E-state index in [4.69, 9.17) is 5.73 Å². The second kappa shape index (κ2) is 3.89. The third-order valence-corrected chi connectivity index (χ3v) is 2.29. The van der Waals surface area contributed by atoms with Gasteiger partial charge in [0.05, 0.1) is 0 Å². The Hall–Kier alpha value is -1.97. The second-order valence-corrected chi connectivity index (χ2v) is 3.30. The van der Waals surface area contributed by atoms with E-state index in [-0.39, 0.29) is 11.1 Å². The lowest BCUT2D eigenvalue weighted by atomic mass is 10.0. The summed E-state index contributed by atoms with van der Waals surface area (Å²) in [5.41, 5.74) is 4.62. The normalized spacial score (nSPS) is 10.4. The first-order valence-corrected chi connectivity index (χ1v) is 4.59. The lowest BCUT2D eigenvalue weighted by molar-refractivity contribution is 0.590. The Morgan fingerprint density at radius 3 is 2.12 bits per heavy atom. The van der Waals surface area contributed by atoms with Crippen LogP contribution in [0.2, 0.25) is 0 Å². The molecule has 2 N–H and O–H groups in total. The molecule has 0 aromatic heterocycles. The minimum Gasteiger partial charge on any atom is -0.394 e. The number of nitrogens with two attached hydrogens (primary N) is 1. The number of benzene rings is 2. The van der Waals surface area contributed by atoms with E-state index in [1.807, 2.05) is 0 Å². The van der Waals surface area contributed by atoms with Crippen molar-refractivity contribution in [2.45, 2.75) is 0 Å². The van der Waals surface area contributed by atoms with Crippen molar-refractivity contribution < 1.29 is 13.2 Å². The van der Waals surface area contributed by atoms with Crippen molar-refractivity contribution in [2.75, 3.05) is 5.73 Å². The molecular weight excluding hydrogens is 215 g/mol. The molecule has 0 radical (unpaired) electrons. The van der Waals surface area contributed by atoms with Crippen LogP contribution < -0.4 is 5.73 Å². The summed E-state index contributed by atoms with van der Waals surface area (Å²) in [5, 5.41) is 0. The summed E-state index contributed by atoms with van der Waals surface area (Å²) in [7, 11) is 0. The Morgan fingerprint density at radius 1 is 0.750 bits per heavy atom. The Balaban J connectivity index is 2.66. The molecule has 4 heteroatoms. The standard InChI is InChI=1S/C12H8F3N/c13-9-4-2-1-3-7(9)8-5-6-10(14)12(16)11(8)15/h1-6H,16H2. The fourth-order valence-corrected chi connectivity index (χ4v) is 1.46. The first kappa shape index (κ1) is 10.5. The number of nitrogen functional groups attached to an aromatic ring is 1. The molecule has 16 heavy (non-hydrogen) atoms. The SMILES string of the molecule is Nc1c(F)ccc(-c2ccccc2F)c1F. The van der Waals surface area contributed by atoms with Gasteiger partial charge in [-0.15, -0.1) is 0 Å². The predicted molar refractivity (Wildman–Crippen MR) is 56.2 cm³/mol. The van der Waals surface area contributed by atoms with Crippen LogP contribution in [0.1, 0.15) is 0 Å². The van der Waals surface area contributed by atoms with Gasteiger partial charge in [-0.3, -0.25) is 0 Å². The van der Waals surface area contributed by atoms with Crippen molar-refractivity contribution in [3.05, 3.63) is 53.8 Å². The minimum atomic E-state index is -0.940. The first-order valence-electron chi connectivity index (χ1n) is 4.59. The van der Waals surface area contributed by atoms with Crippen LogP contribution in [0.4, 0.5) is 18.9 Å². The number of rotatable bonds is 1. The smallest absolute Gasteiger partial charge is 0.157 e. The average molecular weight is 223 g/mol. The highest BCUT2D eigenvalue weighted by Gasteiger charge is 2.14. The molecule has 2 aromatic rings. The van der Waals surface area contributed by atoms with Crippen molar-refractivity contribution in [1.29, 1.82) is 0 Å². The largest absolute Gasteiger partial charge is 0.394 e. The Labute approximate surface area is 90.3 Å². The summed E-state index contributed by atoms with van der Waals surface area (Å²) >= 11 is 0. The fourth-order valence-electron chi connectivity index (χ4n) is 1.46. The zero-order valence-electron chi connectivity index (χ0n) is 8.18. The van der Waals surface area contributed by atoms with E-state index in [2.05, 4.69) is 0 Å². The zero-order valence-corrected chi connectivity index (χ0v) is 8.18. The van der Waals surface area contributed by atoms with Gasteiger partial charge in [0.2, 0.25) is 0 Å². The monoisotopic (exact) mass is 223 g/mol. The molecule has 82 valence electrons. The maximum atomic E-state index is 13.6. The van der Waals surface area contributed by atoms with E-state index in [1.165, 1.54) is 24.3 Å². The number of hydrogen-bond acceptors (Lipinski definition) is 1. The topological polar surface area (TPSA) is 26.0 Å². The van der Waals surface area contributed by atoms with Crippen molar-refractivity contribution in [3.8, 4) is 11.1 Å². The second-order valence-electron chi connectivity index (χ2n) is 3.30. The van der Waals surface area contributed by atoms with Crippen LogP contribution in [0.15, 0.2) is 36.4 Å². The highest BCUT2D eigenvalue weighted by atomic mass is 19.1. The molecule has 0 atom stereocenters. The highest BCUT2D eigenvalue weighted by Crippen LogP contribution is 2.29. The molecule has 1 nitrogen and oxygen atoms in total. The van der Waals surface area contributed by atoms with Crippen LogP contribution in [0.3, 0.4) is 0 Å². The minimum absolute atomic E-state index is 0.0444. The van der Waals surface area contributed by atoms with Crippen LogP contribution in [0.5, 0.6) is 0 Å². The molecule has 0 saturated carbocycles. The van der Waals surface area contributed by atoms with Gasteiger partial charge in [0.1, 0.15) is 17.3 Å². The van der Waals surface area contributed by atoms with E-state index in [9.17, 15) is 13.2 Å². The number of halogens is 3. The zero-order chi connectivity index (χ0) is 11.7. The summed E-state index contributed by atoms with van der Waals surface area (Å²) < 4.78 is 39.9. The molecule has 0 aliphatic heterocycles.